The molecular weight excluding hydrogens is 297 g/mol. The Balaban J connectivity index is 1.76. The third kappa shape index (κ3) is 2.93. The van der Waals surface area contributed by atoms with Crippen LogP contribution in [0, 0.1) is 0 Å². The Bertz CT molecular complexity index is 772. The first-order valence-corrected chi connectivity index (χ1v) is 9.14. The molecule has 0 aromatic heterocycles. The van der Waals surface area contributed by atoms with Gasteiger partial charge >= 0.3 is 0 Å². The van der Waals surface area contributed by atoms with Gasteiger partial charge in [0.05, 0.1) is 8.07 Å². The molecule has 3 aromatic rings. The lowest BCUT2D eigenvalue weighted by atomic mass is 10.1. The molecule has 0 amide bonds. The zero-order valence-electron chi connectivity index (χ0n) is 12.8. The Morgan fingerprint density at radius 3 is 1.87 bits per heavy atom. The summed E-state index contributed by atoms with van der Waals surface area (Å²) >= 11 is 0. The smallest absolute Gasteiger partial charge is 0.0548 e. The monoisotopic (exact) mass is 315 g/mol. The molecule has 0 unspecified atom stereocenters. The fourth-order valence-corrected chi connectivity index (χ4v) is 5.25. The quantitative estimate of drug-likeness (QED) is 0.642. The van der Waals surface area contributed by atoms with Crippen LogP contribution in [-0.4, -0.2) is 4.67 Å². The molecule has 0 bridgehead atoms. The van der Waals surface area contributed by atoms with Gasteiger partial charge in [0.1, 0.15) is 0 Å². The molecule has 0 radical (unpaired) electrons. The highest BCUT2D eigenvalue weighted by atomic mass is 31.1. The summed E-state index contributed by atoms with van der Waals surface area (Å²) in [5.74, 6) is 0. The van der Waals surface area contributed by atoms with Gasteiger partial charge in [0.2, 0.25) is 0 Å². The molecule has 0 atom stereocenters. The lowest BCUT2D eigenvalue weighted by Gasteiger charge is -2.34. The number of hydrogen-bond donors (Lipinski definition) is 0. The first-order chi connectivity index (χ1) is 11.4. The number of fused-ring (bicyclic) bond motifs is 1. The zero-order chi connectivity index (χ0) is 15.5. The topological polar surface area (TPSA) is 3.24 Å². The molecule has 0 saturated carbocycles. The summed E-state index contributed by atoms with van der Waals surface area (Å²) in [6, 6.07) is 30.3. The Labute approximate surface area is 138 Å². The lowest BCUT2D eigenvalue weighted by molar-refractivity contribution is 0.602. The summed E-state index contributed by atoms with van der Waals surface area (Å²) in [7, 11) is -0.547. The summed E-state index contributed by atoms with van der Waals surface area (Å²) in [6.45, 7) is 0.960. The second kappa shape index (κ2) is 6.40. The molecule has 4 rings (SSSR count). The van der Waals surface area contributed by atoms with Gasteiger partial charge in [-0.15, -0.1) is 0 Å². The van der Waals surface area contributed by atoms with Gasteiger partial charge in [-0.3, -0.25) is 0 Å². The number of benzene rings is 3. The van der Waals surface area contributed by atoms with Crippen molar-refractivity contribution in [3.05, 3.63) is 102 Å². The van der Waals surface area contributed by atoms with Crippen LogP contribution in [0.25, 0.3) is 6.08 Å². The van der Waals surface area contributed by atoms with E-state index in [4.69, 9.17) is 0 Å². The van der Waals surface area contributed by atoms with Crippen LogP contribution in [0.3, 0.4) is 0 Å². The average molecular weight is 315 g/mol. The second-order valence-electron chi connectivity index (χ2n) is 5.60. The van der Waals surface area contributed by atoms with E-state index >= 15 is 0 Å². The van der Waals surface area contributed by atoms with E-state index in [9.17, 15) is 0 Å². The molecule has 0 saturated heterocycles. The molecule has 0 aliphatic carbocycles. The molecule has 2 heteroatoms. The largest absolute Gasteiger partial charge is 0.345 e. The van der Waals surface area contributed by atoms with Gasteiger partial charge < -0.3 is 4.67 Å². The van der Waals surface area contributed by atoms with Crippen LogP contribution in [0.5, 0.6) is 0 Å². The SMILES string of the molecule is C1=CN(P(c2ccccc2)c2ccccc2)Cc2ccccc21. The maximum atomic E-state index is 2.49. The standard InChI is InChI=1S/C21H18NP/c1-3-11-20(12-4-1)23(21-13-5-2-6-14-21)22-16-15-18-9-7-8-10-19(18)17-22/h1-16H,17H2. The van der Waals surface area contributed by atoms with Crippen molar-refractivity contribution in [1.82, 2.24) is 4.67 Å². The fourth-order valence-electron chi connectivity index (χ4n) is 2.96. The predicted molar refractivity (Wildman–Crippen MR) is 100 cm³/mol. The van der Waals surface area contributed by atoms with E-state index in [-0.39, 0.29) is 0 Å². The molecule has 0 spiro atoms. The highest BCUT2D eigenvalue weighted by Crippen LogP contribution is 2.42. The Morgan fingerprint density at radius 1 is 0.652 bits per heavy atom. The molecule has 1 aliphatic heterocycles. The minimum atomic E-state index is -0.547. The normalized spacial score (nSPS) is 13.2. The molecule has 3 aromatic carbocycles. The molecule has 0 fully saturated rings. The van der Waals surface area contributed by atoms with Crippen molar-refractivity contribution in [2.24, 2.45) is 0 Å². The van der Waals surface area contributed by atoms with E-state index in [1.165, 1.54) is 21.7 Å². The van der Waals surface area contributed by atoms with Crippen LogP contribution < -0.4 is 10.6 Å². The Kier molecular flexibility index (Phi) is 3.96. The van der Waals surface area contributed by atoms with Crippen molar-refractivity contribution in [1.29, 1.82) is 0 Å². The predicted octanol–water partition coefficient (Wildman–Crippen LogP) is 4.52. The van der Waals surface area contributed by atoms with E-state index in [1.807, 2.05) is 0 Å². The van der Waals surface area contributed by atoms with Crippen LogP contribution in [0.2, 0.25) is 0 Å². The number of hydrogen-bond acceptors (Lipinski definition) is 1. The van der Waals surface area contributed by atoms with Crippen LogP contribution >= 0.6 is 8.07 Å². The van der Waals surface area contributed by atoms with Crippen molar-refractivity contribution in [2.75, 3.05) is 0 Å². The first-order valence-electron chi connectivity index (χ1n) is 7.85. The average Bonchev–Trinajstić information content (AvgIpc) is 2.64. The van der Waals surface area contributed by atoms with Gasteiger partial charge in [0, 0.05) is 23.4 Å². The van der Waals surface area contributed by atoms with Crippen LogP contribution in [-0.2, 0) is 6.54 Å². The van der Waals surface area contributed by atoms with E-state index in [0.29, 0.717) is 0 Å². The summed E-state index contributed by atoms with van der Waals surface area (Å²) in [5.41, 5.74) is 2.73. The summed E-state index contributed by atoms with van der Waals surface area (Å²) in [4.78, 5) is 0. The van der Waals surface area contributed by atoms with E-state index in [0.717, 1.165) is 6.54 Å². The summed E-state index contributed by atoms with van der Waals surface area (Å²) < 4.78 is 2.49. The minimum absolute atomic E-state index is 0.547. The maximum absolute atomic E-state index is 2.49. The zero-order valence-corrected chi connectivity index (χ0v) is 13.7. The molecule has 1 aliphatic rings. The maximum Gasteiger partial charge on any atom is 0.0548 e. The second-order valence-corrected chi connectivity index (χ2v) is 7.77. The first kappa shape index (κ1) is 14.2. The van der Waals surface area contributed by atoms with Crippen molar-refractivity contribution < 1.29 is 0 Å². The van der Waals surface area contributed by atoms with Gasteiger partial charge in [-0.2, -0.15) is 0 Å². The Morgan fingerprint density at radius 2 is 1.22 bits per heavy atom. The number of rotatable bonds is 3. The Hall–Kier alpha value is -2.37. The third-order valence-corrected chi connectivity index (χ3v) is 6.44. The molecule has 0 N–H and O–H groups in total. The van der Waals surface area contributed by atoms with E-state index in [1.54, 1.807) is 0 Å². The van der Waals surface area contributed by atoms with Crippen LogP contribution in [0.1, 0.15) is 11.1 Å². The summed E-state index contributed by atoms with van der Waals surface area (Å²) in [5, 5.41) is 2.77. The van der Waals surface area contributed by atoms with Gasteiger partial charge in [0.15, 0.2) is 0 Å². The van der Waals surface area contributed by atoms with E-state index < -0.39 is 8.07 Å². The van der Waals surface area contributed by atoms with Gasteiger partial charge in [-0.1, -0.05) is 84.9 Å². The van der Waals surface area contributed by atoms with Gasteiger partial charge in [0.25, 0.3) is 0 Å². The van der Waals surface area contributed by atoms with Crippen LogP contribution in [0.15, 0.2) is 91.1 Å². The lowest BCUT2D eigenvalue weighted by Crippen LogP contribution is -2.26. The van der Waals surface area contributed by atoms with Crippen molar-refractivity contribution in [3.63, 3.8) is 0 Å². The third-order valence-electron chi connectivity index (χ3n) is 4.07. The molecule has 112 valence electrons. The minimum Gasteiger partial charge on any atom is -0.345 e. The molecule has 1 nitrogen and oxygen atoms in total. The van der Waals surface area contributed by atoms with Crippen molar-refractivity contribution in [3.8, 4) is 0 Å². The van der Waals surface area contributed by atoms with Crippen molar-refractivity contribution >= 4 is 24.8 Å². The van der Waals surface area contributed by atoms with Crippen molar-refractivity contribution in [2.45, 2.75) is 6.54 Å². The number of nitrogens with zero attached hydrogens (tertiary/aromatic N) is 1. The van der Waals surface area contributed by atoms with Gasteiger partial charge in [-0.25, -0.2) is 0 Å². The molecule has 1 heterocycles. The van der Waals surface area contributed by atoms with Gasteiger partial charge in [-0.05, 0) is 17.2 Å². The highest BCUT2D eigenvalue weighted by molar-refractivity contribution is 7.70. The van der Waals surface area contributed by atoms with E-state index in [2.05, 4.69) is 102 Å². The van der Waals surface area contributed by atoms with Crippen LogP contribution in [0.4, 0.5) is 0 Å². The highest BCUT2D eigenvalue weighted by Gasteiger charge is 2.22. The molecule has 23 heavy (non-hydrogen) atoms. The fraction of sp³-hybridized carbons (Fsp3) is 0.0476. The summed E-state index contributed by atoms with van der Waals surface area (Å²) in [6.07, 6.45) is 4.49. The molecular formula is C21H18NP.